The summed E-state index contributed by atoms with van der Waals surface area (Å²) in [6.07, 6.45) is 1.03. The number of thioether (sulfide) groups is 1. The Morgan fingerprint density at radius 1 is 1.18 bits per heavy atom. The van der Waals surface area contributed by atoms with Crippen LogP contribution >= 0.6 is 11.8 Å². The molecular formula is C24H28N4O9S. The van der Waals surface area contributed by atoms with Gasteiger partial charge in [-0.15, -0.1) is 11.8 Å². The van der Waals surface area contributed by atoms with Crippen molar-refractivity contribution >= 4 is 41.4 Å². The Morgan fingerprint density at radius 3 is 2.39 bits per heavy atom. The second-order valence-corrected chi connectivity index (χ2v) is 11.4. The number of benzene rings is 1. The van der Waals surface area contributed by atoms with Gasteiger partial charge in [-0.2, -0.15) is 0 Å². The molecule has 4 fully saturated rings. The molecule has 13 nitrogen and oxygen atoms in total. The van der Waals surface area contributed by atoms with E-state index in [-0.39, 0.29) is 36.0 Å². The lowest BCUT2D eigenvalue weighted by molar-refractivity contribution is -0.163. The van der Waals surface area contributed by atoms with Crippen LogP contribution in [0.4, 0.5) is 0 Å². The maximum absolute atomic E-state index is 12.3. The molecule has 0 bridgehead atoms. The predicted octanol–water partition coefficient (Wildman–Crippen LogP) is -0.777. The van der Waals surface area contributed by atoms with Gasteiger partial charge in [-0.05, 0) is 25.5 Å². The number of nitrogens with two attached hydrogens (primary N) is 1. The quantitative estimate of drug-likeness (QED) is 0.279. The molecule has 0 unspecified atom stereocenters. The van der Waals surface area contributed by atoms with Crippen molar-refractivity contribution in [2.45, 2.75) is 60.8 Å². The molecule has 4 heterocycles. The number of carboxylic acid groups (broad SMARTS) is 2. The van der Waals surface area contributed by atoms with E-state index in [1.807, 2.05) is 6.07 Å². The first-order valence-electron chi connectivity index (χ1n) is 11.7. The van der Waals surface area contributed by atoms with Crippen LogP contribution in [-0.2, 0) is 28.7 Å². The van der Waals surface area contributed by atoms with Crippen molar-refractivity contribution in [2.24, 2.45) is 5.73 Å². The van der Waals surface area contributed by atoms with E-state index in [9.17, 15) is 29.1 Å². The molecule has 0 spiro atoms. The van der Waals surface area contributed by atoms with Crippen LogP contribution < -0.4 is 11.1 Å². The highest BCUT2D eigenvalue weighted by molar-refractivity contribution is 8.01. The number of amides is 3. The molecule has 0 saturated carbocycles. The lowest BCUT2D eigenvalue weighted by Gasteiger charge is -2.43. The van der Waals surface area contributed by atoms with E-state index in [0.29, 0.717) is 5.56 Å². The molecule has 0 aliphatic carbocycles. The SMILES string of the molecule is CC1(C)S[C@@H]2[C@H](NC(=O)[C@H](N)c3ccccc3)C(=O)N2[C@H]1C(=O)O.O=C(O)[C@H]1/C(=C/CO)O[C@@H]2CC(=O)N21. The lowest BCUT2D eigenvalue weighted by Crippen LogP contribution is -2.71. The molecule has 0 aromatic heterocycles. The van der Waals surface area contributed by atoms with E-state index in [1.54, 1.807) is 38.1 Å². The molecule has 3 amide bonds. The minimum atomic E-state index is -1.14. The number of hydrogen-bond donors (Lipinski definition) is 5. The summed E-state index contributed by atoms with van der Waals surface area (Å²) in [5.74, 6) is -3.08. The average molecular weight is 549 g/mol. The van der Waals surface area contributed by atoms with Crippen molar-refractivity contribution in [3.05, 3.63) is 47.7 Å². The molecule has 0 radical (unpaired) electrons. The fraction of sp³-hybridized carbons (Fsp3) is 0.458. The van der Waals surface area contributed by atoms with Gasteiger partial charge in [-0.25, -0.2) is 9.59 Å². The van der Waals surface area contributed by atoms with Gasteiger partial charge in [0.25, 0.3) is 0 Å². The van der Waals surface area contributed by atoms with Crippen LogP contribution in [0, 0.1) is 0 Å². The highest BCUT2D eigenvalue weighted by Gasteiger charge is 2.64. The van der Waals surface area contributed by atoms with Gasteiger partial charge >= 0.3 is 11.9 Å². The number of nitrogens with zero attached hydrogens (tertiary/aromatic N) is 2. The van der Waals surface area contributed by atoms with Crippen LogP contribution in [0.3, 0.4) is 0 Å². The van der Waals surface area contributed by atoms with Crippen molar-refractivity contribution in [3.8, 4) is 0 Å². The summed E-state index contributed by atoms with van der Waals surface area (Å²) in [6.45, 7) is 3.28. The summed E-state index contributed by atoms with van der Waals surface area (Å²) >= 11 is 1.38. The van der Waals surface area contributed by atoms with Crippen LogP contribution in [0.15, 0.2) is 42.2 Å². The first kappa shape index (κ1) is 27.4. The van der Waals surface area contributed by atoms with Gasteiger partial charge in [-0.3, -0.25) is 19.3 Å². The Labute approximate surface area is 221 Å². The van der Waals surface area contributed by atoms with Crippen LogP contribution in [0.2, 0.25) is 0 Å². The maximum Gasteiger partial charge on any atom is 0.334 e. The normalized spacial score (nSPS) is 30.1. The zero-order valence-electron chi connectivity index (χ0n) is 20.5. The number of β-lactam (4-membered cyclic amide) rings is 2. The summed E-state index contributed by atoms with van der Waals surface area (Å²) in [5.41, 5.74) is 6.59. The standard InChI is InChI=1S/C16H19N3O4S.C8H9NO5/c1-16(2)11(15(22)23)19-13(21)10(14(19)24-16)18-12(20)9(17)8-6-4-3-5-7-8;10-2-1-4-7(8(12)13)9-5(11)3-6(9)14-4/h3-7,9-11,14H,17H2,1-2H3,(H,18,20)(H,22,23);1,6-7,10H,2-3H2,(H,12,13)/b;4-1-/t9-,10-,11+,14-;6-,7-/m11/s1. The molecule has 6 N–H and O–H groups in total. The molecule has 6 atom stereocenters. The van der Waals surface area contributed by atoms with Gasteiger partial charge < -0.3 is 36.0 Å². The number of fused-ring (bicyclic) bond motifs is 2. The first-order chi connectivity index (χ1) is 17.9. The number of rotatable bonds is 6. The number of ether oxygens (including phenoxy) is 1. The van der Waals surface area contributed by atoms with Crippen molar-refractivity contribution in [2.75, 3.05) is 6.61 Å². The molecule has 4 aliphatic rings. The molecule has 38 heavy (non-hydrogen) atoms. The molecule has 4 aliphatic heterocycles. The third-order valence-corrected chi connectivity index (χ3v) is 8.28. The third-order valence-electron chi connectivity index (χ3n) is 6.71. The fourth-order valence-electron chi connectivity index (χ4n) is 4.86. The number of hydrogen-bond acceptors (Lipinski definition) is 9. The lowest BCUT2D eigenvalue weighted by atomic mass is 9.95. The van der Waals surface area contributed by atoms with Crippen LogP contribution in [-0.4, -0.2) is 95.9 Å². The molecule has 14 heteroatoms. The average Bonchev–Trinajstić information content (AvgIpc) is 3.31. The van der Waals surface area contributed by atoms with Gasteiger partial charge in [0.05, 0.1) is 13.0 Å². The smallest absolute Gasteiger partial charge is 0.334 e. The van der Waals surface area contributed by atoms with Crippen LogP contribution in [0.5, 0.6) is 0 Å². The summed E-state index contributed by atoms with van der Waals surface area (Å²) in [7, 11) is 0. The zero-order chi connectivity index (χ0) is 27.9. The number of aliphatic hydroxyl groups is 1. The Balaban J connectivity index is 0.000000204. The van der Waals surface area contributed by atoms with Gasteiger partial charge in [0, 0.05) is 4.75 Å². The molecule has 1 aromatic carbocycles. The number of carboxylic acids is 2. The predicted molar refractivity (Wildman–Crippen MR) is 132 cm³/mol. The van der Waals surface area contributed by atoms with Crippen molar-refractivity contribution in [1.82, 2.24) is 15.1 Å². The topological polar surface area (TPSA) is 200 Å². The number of aliphatic carboxylic acids is 2. The van der Waals surface area contributed by atoms with Crippen LogP contribution in [0.1, 0.15) is 31.9 Å². The molecule has 4 saturated heterocycles. The summed E-state index contributed by atoms with van der Waals surface area (Å²) < 4.78 is 4.55. The Morgan fingerprint density at radius 2 is 1.84 bits per heavy atom. The third kappa shape index (κ3) is 4.70. The van der Waals surface area contributed by atoms with Crippen LogP contribution in [0.25, 0.3) is 0 Å². The second-order valence-electron chi connectivity index (χ2n) is 9.58. The number of carbonyl (C=O) groups is 5. The van der Waals surface area contributed by atoms with E-state index < -0.39 is 53.0 Å². The second kappa shape index (κ2) is 10.3. The van der Waals surface area contributed by atoms with Gasteiger partial charge in [0.2, 0.25) is 17.7 Å². The number of nitrogens with one attached hydrogen (secondary N) is 1. The molecule has 1 aromatic rings. The van der Waals surface area contributed by atoms with E-state index in [1.165, 1.54) is 27.6 Å². The Kier molecular flexibility index (Phi) is 7.41. The van der Waals surface area contributed by atoms with E-state index >= 15 is 0 Å². The minimum Gasteiger partial charge on any atom is -0.480 e. The maximum atomic E-state index is 12.3. The highest BCUT2D eigenvalue weighted by Crippen LogP contribution is 2.50. The van der Waals surface area contributed by atoms with E-state index in [2.05, 4.69) is 5.32 Å². The monoisotopic (exact) mass is 548 g/mol. The minimum absolute atomic E-state index is 0.149. The Hall–Kier alpha value is -3.62. The summed E-state index contributed by atoms with van der Waals surface area (Å²) in [6, 6.07) is 5.31. The molecule has 5 rings (SSSR count). The zero-order valence-corrected chi connectivity index (χ0v) is 21.3. The van der Waals surface area contributed by atoms with Gasteiger partial charge in [0.1, 0.15) is 29.3 Å². The summed E-state index contributed by atoms with van der Waals surface area (Å²) in [4.78, 5) is 60.5. The van der Waals surface area contributed by atoms with Crippen molar-refractivity contribution in [1.29, 1.82) is 0 Å². The molecular weight excluding hydrogens is 520 g/mol. The van der Waals surface area contributed by atoms with Gasteiger partial charge in [-0.1, -0.05) is 30.3 Å². The van der Waals surface area contributed by atoms with Crippen molar-refractivity contribution < 1.29 is 44.0 Å². The van der Waals surface area contributed by atoms with E-state index in [0.717, 1.165) is 0 Å². The van der Waals surface area contributed by atoms with Crippen molar-refractivity contribution in [3.63, 3.8) is 0 Å². The number of aliphatic hydroxyl groups excluding tert-OH is 1. The summed E-state index contributed by atoms with van der Waals surface area (Å²) in [5, 5.41) is 29.2. The van der Waals surface area contributed by atoms with E-state index in [4.69, 9.17) is 20.7 Å². The molecule has 204 valence electrons. The number of carbonyl (C=O) groups excluding carboxylic acids is 3. The first-order valence-corrected chi connectivity index (χ1v) is 12.6. The highest BCUT2D eigenvalue weighted by atomic mass is 32.2. The Bertz CT molecular complexity index is 1190. The largest absolute Gasteiger partial charge is 0.480 e. The van der Waals surface area contributed by atoms with Gasteiger partial charge in [0.15, 0.2) is 12.3 Å². The fourth-order valence-corrected chi connectivity index (χ4v) is 6.48.